The summed E-state index contributed by atoms with van der Waals surface area (Å²) in [6.07, 6.45) is 4.63. The minimum atomic E-state index is 0. The largest absolute Gasteiger partial charge is 0.362 e. The first-order chi connectivity index (χ1) is 14.1. The molecule has 2 N–H and O–H groups in total. The maximum absolute atomic E-state index is 4.79. The minimum absolute atomic E-state index is 0. The molecule has 3 aromatic rings. The van der Waals surface area contributed by atoms with E-state index in [1.165, 1.54) is 24.0 Å². The van der Waals surface area contributed by atoms with Crippen molar-refractivity contribution in [2.45, 2.75) is 58.7 Å². The first-order valence-corrected chi connectivity index (χ1v) is 10.6. The Kier molecular flexibility index (Phi) is 7.27. The lowest BCUT2D eigenvalue weighted by molar-refractivity contribution is 0.352. The molecule has 30 heavy (non-hydrogen) atoms. The molecular formula is C25H35N5. The van der Waals surface area contributed by atoms with Crippen LogP contribution >= 0.6 is 0 Å². The maximum Gasteiger partial charge on any atom is 0.225 e. The Labute approximate surface area is 180 Å². The van der Waals surface area contributed by atoms with Gasteiger partial charge in [0.15, 0.2) is 0 Å². The van der Waals surface area contributed by atoms with Gasteiger partial charge in [0.25, 0.3) is 0 Å². The molecule has 4 rings (SSSR count). The van der Waals surface area contributed by atoms with E-state index in [-0.39, 0.29) is 7.43 Å². The normalized spacial score (nSPS) is 18.6. The second-order valence-corrected chi connectivity index (χ2v) is 8.28. The standard InChI is InChI=1S/C24H31N5.CH4/c1-17-8-4-5-9-18(17)16-25-19-12-14-20(15-13-19)26-24-27-22-11-7-6-10-21(22)23(28-24)29(2)3;/h4-11,19-20,25H,12-16H2,1-3H3,(H,26,27,28);1H4. The lowest BCUT2D eigenvalue weighted by atomic mass is 9.91. The SMILES string of the molecule is C.Cc1ccccc1CNC1CCC(Nc2nc(N(C)C)c3ccccc3n2)CC1. The van der Waals surface area contributed by atoms with Gasteiger partial charge in [-0.05, 0) is 55.9 Å². The van der Waals surface area contributed by atoms with Gasteiger partial charge in [0, 0.05) is 38.1 Å². The first-order valence-electron chi connectivity index (χ1n) is 10.6. The Balaban J connectivity index is 0.00000256. The molecule has 1 aliphatic carbocycles. The molecule has 0 amide bonds. The van der Waals surface area contributed by atoms with Crippen LogP contribution in [0.15, 0.2) is 48.5 Å². The number of hydrogen-bond donors (Lipinski definition) is 2. The highest BCUT2D eigenvalue weighted by molar-refractivity contribution is 5.90. The zero-order valence-corrected chi connectivity index (χ0v) is 17.7. The molecule has 5 nitrogen and oxygen atoms in total. The van der Waals surface area contributed by atoms with Crippen LogP contribution in [0.4, 0.5) is 11.8 Å². The number of nitrogens with one attached hydrogen (secondary N) is 2. The average molecular weight is 406 g/mol. The molecule has 1 saturated carbocycles. The van der Waals surface area contributed by atoms with Crippen molar-refractivity contribution in [1.82, 2.24) is 15.3 Å². The summed E-state index contributed by atoms with van der Waals surface area (Å²) in [5.74, 6) is 1.70. The third kappa shape index (κ3) is 5.08. The van der Waals surface area contributed by atoms with Gasteiger partial charge >= 0.3 is 0 Å². The van der Waals surface area contributed by atoms with E-state index in [2.05, 4.69) is 58.9 Å². The molecule has 160 valence electrons. The first kappa shape index (κ1) is 22.0. The van der Waals surface area contributed by atoms with E-state index in [1.807, 2.05) is 26.2 Å². The number of aryl methyl sites for hydroxylation is 1. The molecular weight excluding hydrogens is 370 g/mol. The van der Waals surface area contributed by atoms with Crippen molar-refractivity contribution in [2.75, 3.05) is 24.3 Å². The Morgan fingerprint density at radius 3 is 2.30 bits per heavy atom. The van der Waals surface area contributed by atoms with Gasteiger partial charge in [-0.3, -0.25) is 0 Å². The molecule has 1 fully saturated rings. The Bertz CT molecular complexity index is 961. The highest BCUT2D eigenvalue weighted by atomic mass is 15.2. The molecule has 1 aromatic heterocycles. The van der Waals surface area contributed by atoms with E-state index in [9.17, 15) is 0 Å². The summed E-state index contributed by atoms with van der Waals surface area (Å²) in [4.78, 5) is 11.6. The van der Waals surface area contributed by atoms with Crippen LogP contribution in [0, 0.1) is 6.92 Å². The predicted octanol–water partition coefficient (Wildman–Crippen LogP) is 5.15. The summed E-state index contributed by atoms with van der Waals surface area (Å²) in [5, 5.41) is 8.43. The molecule has 5 heteroatoms. The number of anilines is 2. The number of hydrogen-bond acceptors (Lipinski definition) is 5. The molecule has 1 aliphatic rings. The molecule has 0 atom stereocenters. The van der Waals surface area contributed by atoms with Crippen molar-refractivity contribution in [3.05, 3.63) is 59.7 Å². The quantitative estimate of drug-likeness (QED) is 0.594. The topological polar surface area (TPSA) is 53.1 Å². The third-order valence-electron chi connectivity index (χ3n) is 5.91. The van der Waals surface area contributed by atoms with Crippen molar-refractivity contribution in [3.63, 3.8) is 0 Å². The average Bonchev–Trinajstić information content (AvgIpc) is 2.73. The van der Waals surface area contributed by atoms with Crippen LogP contribution in [0.2, 0.25) is 0 Å². The second-order valence-electron chi connectivity index (χ2n) is 8.28. The monoisotopic (exact) mass is 405 g/mol. The summed E-state index contributed by atoms with van der Waals surface area (Å²) in [6.45, 7) is 3.14. The minimum Gasteiger partial charge on any atom is -0.362 e. The highest BCUT2D eigenvalue weighted by Crippen LogP contribution is 2.26. The number of nitrogens with zero attached hydrogens (tertiary/aromatic N) is 3. The van der Waals surface area contributed by atoms with Crippen LogP contribution in [-0.2, 0) is 6.54 Å². The van der Waals surface area contributed by atoms with Crippen molar-refractivity contribution in [2.24, 2.45) is 0 Å². The molecule has 1 heterocycles. The van der Waals surface area contributed by atoms with Crippen LogP contribution < -0.4 is 15.5 Å². The number of fused-ring (bicyclic) bond motifs is 1. The summed E-state index contributed by atoms with van der Waals surface area (Å²) in [5.41, 5.74) is 3.75. The van der Waals surface area contributed by atoms with Gasteiger partial charge in [-0.2, -0.15) is 4.98 Å². The van der Waals surface area contributed by atoms with Crippen LogP contribution in [0.1, 0.15) is 44.2 Å². The Morgan fingerprint density at radius 1 is 0.900 bits per heavy atom. The van der Waals surface area contributed by atoms with Crippen LogP contribution in [-0.4, -0.2) is 36.1 Å². The summed E-state index contributed by atoms with van der Waals surface area (Å²) in [6, 6.07) is 17.9. The molecule has 0 radical (unpaired) electrons. The number of rotatable bonds is 6. The lowest BCUT2D eigenvalue weighted by Crippen LogP contribution is -2.37. The van der Waals surface area contributed by atoms with Gasteiger partial charge in [-0.15, -0.1) is 0 Å². The smallest absolute Gasteiger partial charge is 0.225 e. The number of benzene rings is 2. The highest BCUT2D eigenvalue weighted by Gasteiger charge is 2.22. The van der Waals surface area contributed by atoms with Gasteiger partial charge in [-0.1, -0.05) is 43.8 Å². The number of para-hydroxylation sites is 1. The molecule has 2 aromatic carbocycles. The molecule has 0 unspecified atom stereocenters. The Hall–Kier alpha value is -2.66. The van der Waals surface area contributed by atoms with E-state index in [4.69, 9.17) is 9.97 Å². The fraction of sp³-hybridized carbons (Fsp3) is 0.440. The van der Waals surface area contributed by atoms with Crippen LogP contribution in [0.25, 0.3) is 10.9 Å². The van der Waals surface area contributed by atoms with Crippen LogP contribution in [0.5, 0.6) is 0 Å². The third-order valence-corrected chi connectivity index (χ3v) is 5.91. The van der Waals surface area contributed by atoms with E-state index >= 15 is 0 Å². The van der Waals surface area contributed by atoms with Crippen molar-refractivity contribution >= 4 is 22.7 Å². The zero-order valence-electron chi connectivity index (χ0n) is 17.7. The van der Waals surface area contributed by atoms with Crippen molar-refractivity contribution < 1.29 is 0 Å². The van der Waals surface area contributed by atoms with E-state index in [0.29, 0.717) is 12.1 Å². The molecule has 0 bridgehead atoms. The van der Waals surface area contributed by atoms with Gasteiger partial charge < -0.3 is 15.5 Å². The summed E-state index contributed by atoms with van der Waals surface area (Å²) < 4.78 is 0. The van der Waals surface area contributed by atoms with E-state index in [0.717, 1.165) is 42.1 Å². The van der Waals surface area contributed by atoms with Gasteiger partial charge in [0.05, 0.1) is 5.52 Å². The summed E-state index contributed by atoms with van der Waals surface area (Å²) in [7, 11) is 4.06. The second kappa shape index (κ2) is 9.90. The fourth-order valence-corrected chi connectivity index (χ4v) is 4.15. The molecule has 0 spiro atoms. The zero-order chi connectivity index (χ0) is 20.2. The molecule has 0 aliphatic heterocycles. The van der Waals surface area contributed by atoms with Gasteiger partial charge in [-0.25, -0.2) is 4.98 Å². The maximum atomic E-state index is 4.79. The van der Waals surface area contributed by atoms with Crippen molar-refractivity contribution in [1.29, 1.82) is 0 Å². The van der Waals surface area contributed by atoms with Crippen LogP contribution in [0.3, 0.4) is 0 Å². The fourth-order valence-electron chi connectivity index (χ4n) is 4.15. The van der Waals surface area contributed by atoms with E-state index < -0.39 is 0 Å². The Morgan fingerprint density at radius 2 is 1.57 bits per heavy atom. The number of aromatic nitrogens is 2. The van der Waals surface area contributed by atoms with Crippen molar-refractivity contribution in [3.8, 4) is 0 Å². The molecule has 0 saturated heterocycles. The van der Waals surface area contributed by atoms with Gasteiger partial charge in [0.1, 0.15) is 5.82 Å². The van der Waals surface area contributed by atoms with Gasteiger partial charge in [0.2, 0.25) is 5.95 Å². The predicted molar refractivity (Wildman–Crippen MR) is 128 cm³/mol. The van der Waals surface area contributed by atoms with E-state index in [1.54, 1.807) is 0 Å². The summed E-state index contributed by atoms with van der Waals surface area (Å²) >= 11 is 0. The lowest BCUT2D eigenvalue weighted by Gasteiger charge is -2.30.